The predicted molar refractivity (Wildman–Crippen MR) is 125 cm³/mol. The molecule has 1 saturated heterocycles. The number of hydrogen-bond donors (Lipinski definition) is 1. The molecule has 0 spiro atoms. The molecule has 0 radical (unpaired) electrons. The number of benzene rings is 2. The second-order valence-electron chi connectivity index (χ2n) is 8.64. The molecule has 0 aromatic heterocycles. The summed E-state index contributed by atoms with van der Waals surface area (Å²) in [6.07, 6.45) is -4.07. The minimum atomic E-state index is -4.56. The fourth-order valence-corrected chi connectivity index (χ4v) is 5.14. The Morgan fingerprint density at radius 3 is 2.25 bits per heavy atom. The zero-order valence-corrected chi connectivity index (χ0v) is 20.9. The topological polar surface area (TPSA) is 102 Å². The van der Waals surface area contributed by atoms with Crippen LogP contribution in [-0.2, 0) is 21.7 Å². The van der Waals surface area contributed by atoms with Crippen LogP contribution in [-0.4, -0.2) is 63.9 Å². The summed E-state index contributed by atoms with van der Waals surface area (Å²) >= 11 is 0. The van der Waals surface area contributed by atoms with Crippen molar-refractivity contribution < 1.29 is 45.1 Å². The second-order valence-corrected chi connectivity index (χ2v) is 10.2. The molecule has 3 rings (SSSR count). The molecule has 0 saturated carbocycles. The molecular formula is C24H28F3NO7S. The number of carbonyl (C=O) groups excluding carboxylic acids is 1. The summed E-state index contributed by atoms with van der Waals surface area (Å²) in [7, 11) is 0.00162. The average molecular weight is 532 g/mol. The molecule has 2 aromatic carbocycles. The number of nitrogens with zero attached hydrogens (tertiary/aromatic N) is 1. The number of carbonyl (C=O) groups is 1. The van der Waals surface area contributed by atoms with E-state index >= 15 is 0 Å². The Hall–Kier alpha value is -2.99. The van der Waals surface area contributed by atoms with Crippen molar-refractivity contribution in [2.45, 2.75) is 30.9 Å². The molecule has 1 atom stereocenters. The lowest BCUT2D eigenvalue weighted by Gasteiger charge is -2.31. The van der Waals surface area contributed by atoms with Crippen molar-refractivity contribution in [1.29, 1.82) is 0 Å². The average Bonchev–Trinajstić information content (AvgIpc) is 3.26. The highest BCUT2D eigenvalue weighted by atomic mass is 32.2. The van der Waals surface area contributed by atoms with Crippen LogP contribution in [0.1, 0.15) is 40.7 Å². The van der Waals surface area contributed by atoms with Crippen LogP contribution in [0.4, 0.5) is 13.2 Å². The molecular weight excluding hydrogens is 503 g/mol. The Morgan fingerprint density at radius 1 is 1.08 bits per heavy atom. The third kappa shape index (κ3) is 6.04. The highest BCUT2D eigenvalue weighted by Gasteiger charge is 2.43. The van der Waals surface area contributed by atoms with E-state index in [1.807, 2.05) is 0 Å². The van der Waals surface area contributed by atoms with Gasteiger partial charge in [-0.15, -0.1) is 0 Å². The van der Waals surface area contributed by atoms with Crippen molar-refractivity contribution in [1.82, 2.24) is 4.90 Å². The summed E-state index contributed by atoms with van der Waals surface area (Å²) in [6.45, 7) is 0.299. The quantitative estimate of drug-likeness (QED) is 0.485. The molecule has 1 unspecified atom stereocenters. The highest BCUT2D eigenvalue weighted by Crippen LogP contribution is 2.43. The van der Waals surface area contributed by atoms with Crippen molar-refractivity contribution >= 4 is 16.0 Å². The summed E-state index contributed by atoms with van der Waals surface area (Å²) in [6, 6.07) is 7.84. The van der Waals surface area contributed by atoms with Crippen LogP contribution in [0.5, 0.6) is 17.2 Å². The zero-order chi connectivity index (χ0) is 26.7. The van der Waals surface area contributed by atoms with Gasteiger partial charge < -0.3 is 19.1 Å². The number of hydrogen-bond acceptors (Lipinski definition) is 6. The van der Waals surface area contributed by atoms with E-state index in [9.17, 15) is 26.4 Å². The van der Waals surface area contributed by atoms with E-state index < -0.39 is 38.9 Å². The van der Waals surface area contributed by atoms with Gasteiger partial charge in [0.25, 0.3) is 16.0 Å². The summed E-state index contributed by atoms with van der Waals surface area (Å²) in [5.74, 6) is -0.0677. The number of ether oxygens (including phenoxy) is 3. The minimum absolute atomic E-state index is 0.0152. The van der Waals surface area contributed by atoms with Gasteiger partial charge in [0.05, 0.1) is 32.6 Å². The minimum Gasteiger partial charge on any atom is -0.493 e. The summed E-state index contributed by atoms with van der Waals surface area (Å²) in [5.41, 5.74) is -1.17. The lowest BCUT2D eigenvalue weighted by Crippen LogP contribution is -2.35. The molecule has 0 bridgehead atoms. The molecule has 1 fully saturated rings. The van der Waals surface area contributed by atoms with Gasteiger partial charge in [-0.2, -0.15) is 21.6 Å². The molecule has 2 aromatic rings. The molecule has 0 aliphatic carbocycles. The molecule has 198 valence electrons. The van der Waals surface area contributed by atoms with Gasteiger partial charge in [0, 0.05) is 24.1 Å². The largest absolute Gasteiger partial charge is 0.493 e. The smallest absolute Gasteiger partial charge is 0.416 e. The van der Waals surface area contributed by atoms with E-state index in [-0.39, 0.29) is 43.0 Å². The van der Waals surface area contributed by atoms with Crippen molar-refractivity contribution in [3.63, 3.8) is 0 Å². The third-order valence-electron chi connectivity index (χ3n) is 6.41. The Morgan fingerprint density at radius 2 is 1.72 bits per heavy atom. The molecule has 12 heteroatoms. The van der Waals surface area contributed by atoms with Crippen molar-refractivity contribution in [2.75, 3.05) is 40.2 Å². The van der Waals surface area contributed by atoms with Crippen LogP contribution in [0, 0.1) is 0 Å². The maximum atomic E-state index is 13.4. The molecule has 1 aliphatic heterocycles. The number of halogens is 3. The van der Waals surface area contributed by atoms with Gasteiger partial charge in [-0.05, 0) is 43.0 Å². The van der Waals surface area contributed by atoms with E-state index in [0.717, 1.165) is 12.1 Å². The molecule has 1 aliphatic rings. The molecule has 1 heterocycles. The predicted octanol–water partition coefficient (Wildman–Crippen LogP) is 4.18. The van der Waals surface area contributed by atoms with Crippen LogP contribution >= 0.6 is 0 Å². The first-order valence-electron chi connectivity index (χ1n) is 11.1. The Labute approximate surface area is 207 Å². The Bertz CT molecular complexity index is 1190. The maximum absolute atomic E-state index is 13.4. The van der Waals surface area contributed by atoms with Gasteiger partial charge in [0.15, 0.2) is 11.5 Å². The highest BCUT2D eigenvalue weighted by molar-refractivity contribution is 7.85. The lowest BCUT2D eigenvalue weighted by molar-refractivity contribution is -0.137. The van der Waals surface area contributed by atoms with Gasteiger partial charge >= 0.3 is 6.18 Å². The van der Waals surface area contributed by atoms with Crippen LogP contribution in [0.25, 0.3) is 0 Å². The SMILES string of the molecule is COc1cc(C(=O)N2CCC(CCCS(=O)(=O)O)(c3cccc(C(F)(F)F)c3)C2)cc(OC)c1OC. The van der Waals surface area contributed by atoms with Crippen molar-refractivity contribution in [3.8, 4) is 17.2 Å². The molecule has 36 heavy (non-hydrogen) atoms. The maximum Gasteiger partial charge on any atom is 0.416 e. The first-order valence-corrected chi connectivity index (χ1v) is 12.7. The molecule has 1 amide bonds. The van der Waals surface area contributed by atoms with E-state index in [2.05, 4.69) is 0 Å². The third-order valence-corrected chi connectivity index (χ3v) is 7.22. The Kier molecular flexibility index (Phi) is 8.09. The lowest BCUT2D eigenvalue weighted by atomic mass is 9.75. The van der Waals surface area contributed by atoms with E-state index in [0.29, 0.717) is 17.7 Å². The number of methoxy groups -OCH3 is 3. The first-order chi connectivity index (χ1) is 16.8. The molecule has 8 nitrogen and oxygen atoms in total. The van der Waals surface area contributed by atoms with Crippen LogP contribution in [0.3, 0.4) is 0 Å². The van der Waals surface area contributed by atoms with Crippen molar-refractivity contribution in [2.24, 2.45) is 0 Å². The standard InChI is InChI=1S/C24H28F3NO7S/c1-33-19-12-16(13-20(34-2)21(19)35-3)22(29)28-10-9-23(15-28,8-5-11-36(30,31)32)17-6-4-7-18(14-17)24(25,26)27/h4,6-7,12-14H,5,8-11,15H2,1-3H3,(H,30,31,32). The monoisotopic (exact) mass is 531 g/mol. The van der Waals surface area contributed by atoms with E-state index in [4.69, 9.17) is 18.8 Å². The summed E-state index contributed by atoms with van der Waals surface area (Å²) in [5, 5.41) is 0. The fourth-order valence-electron chi connectivity index (χ4n) is 4.64. The number of alkyl halides is 3. The molecule has 1 N–H and O–H groups in total. The van der Waals surface area contributed by atoms with Gasteiger partial charge in [0.2, 0.25) is 5.75 Å². The normalized spacial score (nSPS) is 18.2. The van der Waals surface area contributed by atoms with Gasteiger partial charge in [-0.25, -0.2) is 0 Å². The number of amides is 1. The summed E-state index contributed by atoms with van der Waals surface area (Å²) < 4.78 is 87.8. The first kappa shape index (κ1) is 27.6. The van der Waals surface area contributed by atoms with Crippen molar-refractivity contribution in [3.05, 3.63) is 53.1 Å². The van der Waals surface area contributed by atoms with Gasteiger partial charge in [-0.3, -0.25) is 9.35 Å². The second kappa shape index (κ2) is 10.6. The van der Waals surface area contributed by atoms with Crippen LogP contribution in [0.2, 0.25) is 0 Å². The van der Waals surface area contributed by atoms with Crippen LogP contribution in [0.15, 0.2) is 36.4 Å². The fraction of sp³-hybridized carbons (Fsp3) is 0.458. The zero-order valence-electron chi connectivity index (χ0n) is 20.1. The number of likely N-dealkylation sites (tertiary alicyclic amines) is 1. The van der Waals surface area contributed by atoms with E-state index in [1.165, 1.54) is 44.4 Å². The van der Waals surface area contributed by atoms with Gasteiger partial charge in [-0.1, -0.05) is 18.2 Å². The van der Waals surface area contributed by atoms with Gasteiger partial charge in [0.1, 0.15) is 0 Å². The van der Waals surface area contributed by atoms with E-state index in [1.54, 1.807) is 6.07 Å². The van der Waals surface area contributed by atoms with Crippen LogP contribution < -0.4 is 14.2 Å². The Balaban J connectivity index is 1.96. The summed E-state index contributed by atoms with van der Waals surface area (Å²) in [4.78, 5) is 14.9. The number of rotatable bonds is 9.